The van der Waals surface area contributed by atoms with Crippen LogP contribution in [0.1, 0.15) is 5.56 Å². The minimum atomic E-state index is -0.207. The molecule has 0 fully saturated rings. The number of amides is 2. The highest BCUT2D eigenvalue weighted by atomic mass is 16.2. The number of carbonyl (C=O) groups is 1. The number of nitrogens with zero attached hydrogens (tertiary/aromatic N) is 2. The lowest BCUT2D eigenvalue weighted by Gasteiger charge is -2.07. The van der Waals surface area contributed by atoms with Crippen molar-refractivity contribution in [1.82, 2.24) is 20.6 Å². The minimum absolute atomic E-state index is 0.207. The van der Waals surface area contributed by atoms with Crippen LogP contribution in [0.2, 0.25) is 0 Å². The van der Waals surface area contributed by atoms with Gasteiger partial charge >= 0.3 is 6.03 Å². The number of nitrogens with one attached hydrogen (secondary N) is 2. The van der Waals surface area contributed by atoms with Crippen molar-refractivity contribution in [2.45, 2.75) is 6.54 Å². The summed E-state index contributed by atoms with van der Waals surface area (Å²) in [5.41, 5.74) is 8.32. The maximum absolute atomic E-state index is 11.1. The zero-order valence-corrected chi connectivity index (χ0v) is 10.6. The summed E-state index contributed by atoms with van der Waals surface area (Å²) in [7, 11) is 1.58. The molecule has 0 bridgehead atoms. The number of carbonyl (C=O) groups excluding carboxylic acids is 1. The second-order valence-corrected chi connectivity index (χ2v) is 3.96. The lowest BCUT2D eigenvalue weighted by atomic mass is 10.1. The van der Waals surface area contributed by atoms with Crippen molar-refractivity contribution in [1.29, 1.82) is 0 Å². The van der Waals surface area contributed by atoms with E-state index in [-0.39, 0.29) is 12.0 Å². The largest absolute Gasteiger partial charge is 0.368 e. The summed E-state index contributed by atoms with van der Waals surface area (Å²) in [6, 6.07) is 7.59. The van der Waals surface area contributed by atoms with Crippen LogP contribution in [0.3, 0.4) is 0 Å². The molecule has 19 heavy (non-hydrogen) atoms. The van der Waals surface area contributed by atoms with E-state index in [9.17, 15) is 4.79 Å². The molecule has 0 saturated heterocycles. The van der Waals surface area contributed by atoms with Crippen LogP contribution in [-0.4, -0.2) is 23.0 Å². The first-order chi connectivity index (χ1) is 9.19. The standard InChI is InChI=1S/C13H15N5O/c1-15-13(19)18-6-9-3-2-4-10(5-9)11-7-16-12(14)17-8-11/h2-5,7-8H,6H2,1H3,(H2,14,16,17)(H2,15,18,19). The fourth-order valence-electron chi connectivity index (χ4n) is 1.62. The molecule has 0 radical (unpaired) electrons. The second-order valence-electron chi connectivity index (χ2n) is 3.96. The van der Waals surface area contributed by atoms with E-state index in [4.69, 9.17) is 5.73 Å². The Kier molecular flexibility index (Phi) is 3.92. The Morgan fingerprint density at radius 3 is 2.68 bits per heavy atom. The molecule has 1 aromatic carbocycles. The second kappa shape index (κ2) is 5.81. The molecule has 4 N–H and O–H groups in total. The van der Waals surface area contributed by atoms with Crippen molar-refractivity contribution < 1.29 is 4.79 Å². The molecule has 0 aliphatic carbocycles. The molecule has 98 valence electrons. The summed E-state index contributed by atoms with van der Waals surface area (Å²) in [6.45, 7) is 0.462. The van der Waals surface area contributed by atoms with E-state index in [0.29, 0.717) is 6.54 Å². The quantitative estimate of drug-likeness (QED) is 0.769. The first-order valence-corrected chi connectivity index (χ1v) is 5.81. The van der Waals surface area contributed by atoms with Gasteiger partial charge in [0.1, 0.15) is 0 Å². The van der Waals surface area contributed by atoms with Gasteiger partial charge in [-0.25, -0.2) is 14.8 Å². The van der Waals surface area contributed by atoms with Gasteiger partial charge in [0.2, 0.25) is 5.95 Å². The van der Waals surface area contributed by atoms with Crippen LogP contribution >= 0.6 is 0 Å². The SMILES string of the molecule is CNC(=O)NCc1cccc(-c2cnc(N)nc2)c1. The van der Waals surface area contributed by atoms with E-state index in [2.05, 4.69) is 20.6 Å². The fourth-order valence-corrected chi connectivity index (χ4v) is 1.62. The number of nitrogens with two attached hydrogens (primary N) is 1. The number of rotatable bonds is 3. The molecule has 6 nitrogen and oxygen atoms in total. The van der Waals surface area contributed by atoms with Crippen molar-refractivity contribution >= 4 is 12.0 Å². The van der Waals surface area contributed by atoms with Gasteiger partial charge in [-0.1, -0.05) is 18.2 Å². The third-order valence-corrected chi connectivity index (χ3v) is 2.61. The zero-order chi connectivity index (χ0) is 13.7. The fraction of sp³-hybridized carbons (Fsp3) is 0.154. The maximum atomic E-state index is 11.1. The number of aromatic nitrogens is 2. The van der Waals surface area contributed by atoms with E-state index >= 15 is 0 Å². The first kappa shape index (κ1) is 12.8. The average molecular weight is 257 g/mol. The van der Waals surface area contributed by atoms with E-state index in [0.717, 1.165) is 16.7 Å². The Bertz CT molecular complexity index is 568. The predicted octanol–water partition coefficient (Wildman–Crippen LogP) is 1.15. The van der Waals surface area contributed by atoms with Gasteiger partial charge in [0.05, 0.1) is 0 Å². The van der Waals surface area contributed by atoms with Crippen molar-refractivity contribution in [3.63, 3.8) is 0 Å². The van der Waals surface area contributed by atoms with Crippen molar-refractivity contribution in [3.05, 3.63) is 42.2 Å². The molecule has 2 amide bonds. The molecule has 0 atom stereocenters. The summed E-state index contributed by atoms with van der Waals surface area (Å²) >= 11 is 0. The molecule has 0 aliphatic heterocycles. The number of nitrogen functional groups attached to an aromatic ring is 1. The van der Waals surface area contributed by atoms with Gasteiger partial charge in [-0.05, 0) is 17.2 Å². The zero-order valence-electron chi connectivity index (χ0n) is 10.6. The van der Waals surface area contributed by atoms with Crippen LogP contribution in [0, 0.1) is 0 Å². The summed E-state index contributed by atoms with van der Waals surface area (Å²) in [6.07, 6.45) is 3.35. The molecule has 0 spiro atoms. The van der Waals surface area contributed by atoms with Crippen molar-refractivity contribution in [2.75, 3.05) is 12.8 Å². The van der Waals surface area contributed by atoms with E-state index < -0.39 is 0 Å². The van der Waals surface area contributed by atoms with Crippen LogP contribution in [0.15, 0.2) is 36.7 Å². The molecule has 0 saturated carbocycles. The van der Waals surface area contributed by atoms with Crippen LogP contribution in [0.25, 0.3) is 11.1 Å². The lowest BCUT2D eigenvalue weighted by molar-refractivity contribution is 0.242. The molecule has 6 heteroatoms. The average Bonchev–Trinajstić information content (AvgIpc) is 2.46. The van der Waals surface area contributed by atoms with Crippen LogP contribution in [0.4, 0.5) is 10.7 Å². The highest BCUT2D eigenvalue weighted by molar-refractivity contribution is 5.73. The van der Waals surface area contributed by atoms with Gasteiger partial charge in [-0.2, -0.15) is 0 Å². The Hall–Kier alpha value is -2.63. The smallest absolute Gasteiger partial charge is 0.314 e. The third kappa shape index (κ3) is 3.41. The Labute approximate surface area is 111 Å². The van der Waals surface area contributed by atoms with Crippen LogP contribution in [-0.2, 0) is 6.54 Å². The van der Waals surface area contributed by atoms with E-state index in [1.807, 2.05) is 24.3 Å². The van der Waals surface area contributed by atoms with Gasteiger partial charge in [-0.3, -0.25) is 0 Å². The van der Waals surface area contributed by atoms with E-state index in [1.165, 1.54) is 0 Å². The van der Waals surface area contributed by atoms with Gasteiger partial charge in [0.25, 0.3) is 0 Å². The third-order valence-electron chi connectivity index (χ3n) is 2.61. The van der Waals surface area contributed by atoms with Gasteiger partial charge < -0.3 is 16.4 Å². The molecule has 0 aliphatic rings. The number of hydrogen-bond acceptors (Lipinski definition) is 4. The van der Waals surface area contributed by atoms with Gasteiger partial charge in [-0.15, -0.1) is 0 Å². The predicted molar refractivity (Wildman–Crippen MR) is 73.2 cm³/mol. The molecular weight excluding hydrogens is 242 g/mol. The van der Waals surface area contributed by atoms with Crippen molar-refractivity contribution in [3.8, 4) is 11.1 Å². The molecule has 2 rings (SSSR count). The van der Waals surface area contributed by atoms with Crippen molar-refractivity contribution in [2.24, 2.45) is 0 Å². The number of urea groups is 1. The number of hydrogen-bond donors (Lipinski definition) is 3. The number of benzene rings is 1. The summed E-state index contributed by atoms with van der Waals surface area (Å²) in [5.74, 6) is 0.251. The van der Waals surface area contributed by atoms with Gasteiger partial charge in [0, 0.05) is 31.5 Å². The topological polar surface area (TPSA) is 92.9 Å². The highest BCUT2D eigenvalue weighted by Crippen LogP contribution is 2.19. The van der Waals surface area contributed by atoms with Crippen LogP contribution in [0.5, 0.6) is 0 Å². The number of anilines is 1. The summed E-state index contributed by atoms with van der Waals surface area (Å²) in [4.78, 5) is 19.0. The summed E-state index contributed by atoms with van der Waals surface area (Å²) < 4.78 is 0. The maximum Gasteiger partial charge on any atom is 0.314 e. The minimum Gasteiger partial charge on any atom is -0.368 e. The molecule has 1 aromatic heterocycles. The monoisotopic (exact) mass is 257 g/mol. The Balaban J connectivity index is 2.15. The Morgan fingerprint density at radius 2 is 2.00 bits per heavy atom. The van der Waals surface area contributed by atoms with Gasteiger partial charge in [0.15, 0.2) is 0 Å². The van der Waals surface area contributed by atoms with E-state index in [1.54, 1.807) is 19.4 Å². The highest BCUT2D eigenvalue weighted by Gasteiger charge is 2.02. The normalized spacial score (nSPS) is 9.95. The first-order valence-electron chi connectivity index (χ1n) is 5.81. The summed E-state index contributed by atoms with van der Waals surface area (Å²) in [5, 5.41) is 5.24. The van der Waals surface area contributed by atoms with Crippen LogP contribution < -0.4 is 16.4 Å². The molecule has 2 aromatic rings. The molecule has 0 unspecified atom stereocenters. The Morgan fingerprint density at radius 1 is 1.26 bits per heavy atom. The molecular formula is C13H15N5O. The lowest BCUT2D eigenvalue weighted by Crippen LogP contribution is -2.32. The molecule has 1 heterocycles.